The molecule has 2 rings (SSSR count). The third kappa shape index (κ3) is 0.733. The van der Waals surface area contributed by atoms with Crippen LogP contribution in [0.5, 0.6) is 0 Å². The van der Waals surface area contributed by atoms with Gasteiger partial charge in [0.2, 0.25) is 0 Å². The Morgan fingerprint density at radius 2 is 2.44 bits per heavy atom. The Balaban J connectivity index is 2.18. The lowest BCUT2D eigenvalue weighted by molar-refractivity contribution is 0.323. The molecule has 1 aliphatic rings. The second kappa shape index (κ2) is 1.57. The predicted molar refractivity (Wildman–Crippen MR) is 31.8 cm³/mol. The van der Waals surface area contributed by atoms with Gasteiger partial charge in [-0.1, -0.05) is 0 Å². The van der Waals surface area contributed by atoms with E-state index in [1.807, 2.05) is 23.9 Å². The SMILES string of the molecule is CC1OC1n1cccn1. The average molecular weight is 124 g/mol. The molecule has 3 nitrogen and oxygen atoms in total. The van der Waals surface area contributed by atoms with Crippen molar-refractivity contribution in [2.75, 3.05) is 0 Å². The highest BCUT2D eigenvalue weighted by Gasteiger charge is 2.36. The molecule has 0 aliphatic carbocycles. The van der Waals surface area contributed by atoms with Gasteiger partial charge in [-0.2, -0.15) is 5.10 Å². The average Bonchev–Trinajstić information content (AvgIpc) is 2.44. The molecule has 2 atom stereocenters. The zero-order valence-corrected chi connectivity index (χ0v) is 5.19. The van der Waals surface area contributed by atoms with Crippen molar-refractivity contribution in [1.82, 2.24) is 9.78 Å². The lowest BCUT2D eigenvalue weighted by Crippen LogP contribution is -1.96. The maximum Gasteiger partial charge on any atom is 0.176 e. The van der Waals surface area contributed by atoms with Gasteiger partial charge >= 0.3 is 0 Å². The van der Waals surface area contributed by atoms with Crippen molar-refractivity contribution in [3.05, 3.63) is 18.5 Å². The molecule has 0 bridgehead atoms. The number of hydrogen-bond donors (Lipinski definition) is 0. The molecule has 0 N–H and O–H groups in total. The van der Waals surface area contributed by atoms with E-state index in [1.165, 1.54) is 0 Å². The minimum Gasteiger partial charge on any atom is -0.346 e. The first-order valence-corrected chi connectivity index (χ1v) is 3.02. The molecule has 3 heteroatoms. The molecule has 0 radical (unpaired) electrons. The van der Waals surface area contributed by atoms with Crippen LogP contribution in [0, 0.1) is 0 Å². The van der Waals surface area contributed by atoms with Gasteiger partial charge in [0, 0.05) is 12.4 Å². The molecule has 0 saturated carbocycles. The molecule has 0 aromatic carbocycles. The van der Waals surface area contributed by atoms with E-state index in [0.717, 1.165) is 0 Å². The minimum absolute atomic E-state index is 0.208. The maximum atomic E-state index is 5.16. The van der Waals surface area contributed by atoms with Crippen molar-refractivity contribution in [1.29, 1.82) is 0 Å². The van der Waals surface area contributed by atoms with E-state index in [9.17, 15) is 0 Å². The van der Waals surface area contributed by atoms with Gasteiger partial charge in [0.25, 0.3) is 0 Å². The van der Waals surface area contributed by atoms with E-state index < -0.39 is 0 Å². The summed E-state index contributed by atoms with van der Waals surface area (Å²) < 4.78 is 6.99. The van der Waals surface area contributed by atoms with E-state index in [2.05, 4.69) is 5.10 Å². The fourth-order valence-corrected chi connectivity index (χ4v) is 0.883. The number of hydrogen-bond acceptors (Lipinski definition) is 2. The third-order valence-corrected chi connectivity index (χ3v) is 1.46. The van der Waals surface area contributed by atoms with Crippen molar-refractivity contribution in [2.45, 2.75) is 19.3 Å². The van der Waals surface area contributed by atoms with E-state index >= 15 is 0 Å². The van der Waals surface area contributed by atoms with Gasteiger partial charge in [-0.05, 0) is 13.0 Å². The third-order valence-electron chi connectivity index (χ3n) is 1.46. The van der Waals surface area contributed by atoms with Crippen molar-refractivity contribution in [3.8, 4) is 0 Å². The Kier molecular flexibility index (Phi) is 0.873. The van der Waals surface area contributed by atoms with Crippen molar-refractivity contribution >= 4 is 0 Å². The summed E-state index contributed by atoms with van der Waals surface area (Å²) in [5, 5.41) is 4.02. The first-order chi connectivity index (χ1) is 4.38. The lowest BCUT2D eigenvalue weighted by Gasteiger charge is -1.89. The van der Waals surface area contributed by atoms with Crippen LogP contribution in [0.1, 0.15) is 13.2 Å². The Morgan fingerprint density at radius 1 is 1.67 bits per heavy atom. The number of aromatic nitrogens is 2. The Bertz CT molecular complexity index is 195. The summed E-state index contributed by atoms with van der Waals surface area (Å²) in [6, 6.07) is 1.90. The quantitative estimate of drug-likeness (QED) is 0.518. The zero-order chi connectivity index (χ0) is 6.27. The van der Waals surface area contributed by atoms with Crippen molar-refractivity contribution in [2.24, 2.45) is 0 Å². The molecule has 0 spiro atoms. The minimum atomic E-state index is 0.208. The molecule has 1 aliphatic heterocycles. The first kappa shape index (κ1) is 4.99. The number of rotatable bonds is 1. The fraction of sp³-hybridized carbons (Fsp3) is 0.500. The standard InChI is InChI=1S/C6H8N2O/c1-5-6(9-5)8-4-2-3-7-8/h2-6H,1H3. The summed E-state index contributed by atoms with van der Waals surface area (Å²) in [4.78, 5) is 0. The lowest BCUT2D eigenvalue weighted by atomic mass is 10.5. The second-order valence-electron chi connectivity index (χ2n) is 2.22. The summed E-state index contributed by atoms with van der Waals surface area (Å²) in [5.41, 5.74) is 0. The van der Waals surface area contributed by atoms with Crippen molar-refractivity contribution in [3.63, 3.8) is 0 Å². The largest absolute Gasteiger partial charge is 0.346 e. The first-order valence-electron chi connectivity index (χ1n) is 3.02. The molecule has 1 aromatic rings. The normalized spacial score (nSPS) is 32.6. The van der Waals surface area contributed by atoms with Crippen LogP contribution in [-0.4, -0.2) is 15.9 Å². The molecule has 0 amide bonds. The molecular weight excluding hydrogens is 116 g/mol. The Labute approximate surface area is 53.2 Å². The van der Waals surface area contributed by atoms with Crippen LogP contribution in [0.2, 0.25) is 0 Å². The van der Waals surface area contributed by atoms with Crippen LogP contribution >= 0.6 is 0 Å². The molecule has 2 heterocycles. The van der Waals surface area contributed by atoms with E-state index in [0.29, 0.717) is 6.10 Å². The highest BCUT2D eigenvalue weighted by Crippen LogP contribution is 2.31. The highest BCUT2D eigenvalue weighted by molar-refractivity contribution is 4.85. The van der Waals surface area contributed by atoms with E-state index in [1.54, 1.807) is 6.20 Å². The molecule has 9 heavy (non-hydrogen) atoms. The topological polar surface area (TPSA) is 30.4 Å². The molecule has 2 unspecified atom stereocenters. The monoisotopic (exact) mass is 124 g/mol. The summed E-state index contributed by atoms with van der Waals surface area (Å²) >= 11 is 0. The molecule has 1 aromatic heterocycles. The van der Waals surface area contributed by atoms with Gasteiger partial charge in [0.1, 0.15) is 6.10 Å². The van der Waals surface area contributed by atoms with Gasteiger partial charge < -0.3 is 4.74 Å². The van der Waals surface area contributed by atoms with E-state index in [4.69, 9.17) is 4.74 Å². The highest BCUT2D eigenvalue weighted by atomic mass is 16.6. The zero-order valence-electron chi connectivity index (χ0n) is 5.19. The van der Waals surface area contributed by atoms with Crippen molar-refractivity contribution < 1.29 is 4.74 Å². The van der Waals surface area contributed by atoms with Gasteiger partial charge in [-0.15, -0.1) is 0 Å². The van der Waals surface area contributed by atoms with Crippen LogP contribution in [0.4, 0.5) is 0 Å². The van der Waals surface area contributed by atoms with E-state index in [-0.39, 0.29) is 6.23 Å². The molecule has 1 fully saturated rings. The van der Waals surface area contributed by atoms with Crippen LogP contribution in [0.25, 0.3) is 0 Å². The number of epoxide rings is 1. The van der Waals surface area contributed by atoms with Crippen LogP contribution < -0.4 is 0 Å². The Hall–Kier alpha value is -0.830. The van der Waals surface area contributed by atoms with Crippen LogP contribution in [-0.2, 0) is 4.74 Å². The predicted octanol–water partition coefficient (Wildman–Crippen LogP) is 0.800. The summed E-state index contributed by atoms with van der Waals surface area (Å²) in [6.45, 7) is 2.03. The van der Waals surface area contributed by atoms with Crippen LogP contribution in [0.15, 0.2) is 18.5 Å². The summed E-state index contributed by atoms with van der Waals surface area (Å²) in [6.07, 6.45) is 4.23. The Morgan fingerprint density at radius 3 is 2.89 bits per heavy atom. The maximum absolute atomic E-state index is 5.16. The van der Waals surface area contributed by atoms with Gasteiger partial charge in [0.15, 0.2) is 6.23 Å². The van der Waals surface area contributed by atoms with Crippen LogP contribution in [0.3, 0.4) is 0 Å². The number of ether oxygens (including phenoxy) is 1. The fourth-order valence-electron chi connectivity index (χ4n) is 0.883. The second-order valence-corrected chi connectivity index (χ2v) is 2.22. The number of nitrogens with zero attached hydrogens (tertiary/aromatic N) is 2. The molecular formula is C6H8N2O. The van der Waals surface area contributed by atoms with Gasteiger partial charge in [-0.25, -0.2) is 4.68 Å². The summed E-state index contributed by atoms with van der Waals surface area (Å²) in [7, 11) is 0. The molecule has 48 valence electrons. The summed E-state index contributed by atoms with van der Waals surface area (Å²) in [5.74, 6) is 0. The molecule has 1 saturated heterocycles. The van der Waals surface area contributed by atoms with Gasteiger partial charge in [-0.3, -0.25) is 0 Å². The smallest absolute Gasteiger partial charge is 0.176 e. The van der Waals surface area contributed by atoms with Gasteiger partial charge in [0.05, 0.1) is 0 Å².